The lowest BCUT2D eigenvalue weighted by molar-refractivity contribution is -0.131. The Kier molecular flexibility index (Phi) is 8.12. The van der Waals surface area contributed by atoms with Crippen LogP contribution in [-0.2, 0) is 16.8 Å². The first-order chi connectivity index (χ1) is 19.0. The van der Waals surface area contributed by atoms with Crippen molar-refractivity contribution in [2.45, 2.75) is 71.4 Å². The van der Waals surface area contributed by atoms with Gasteiger partial charge in [-0.15, -0.1) is 5.10 Å². The summed E-state index contributed by atoms with van der Waals surface area (Å²) in [6, 6.07) is 3.37. The van der Waals surface area contributed by atoms with Gasteiger partial charge in [-0.3, -0.25) is 4.79 Å². The van der Waals surface area contributed by atoms with E-state index in [1.165, 1.54) is 4.68 Å². The summed E-state index contributed by atoms with van der Waals surface area (Å²) in [6.45, 7) is 9.23. The van der Waals surface area contributed by atoms with E-state index in [1.807, 2.05) is 22.7 Å². The zero-order chi connectivity index (χ0) is 28.8. The van der Waals surface area contributed by atoms with Gasteiger partial charge in [-0.2, -0.15) is 5.10 Å². The van der Waals surface area contributed by atoms with Crippen LogP contribution in [0.15, 0.2) is 24.5 Å². The fourth-order valence-corrected chi connectivity index (χ4v) is 6.48. The van der Waals surface area contributed by atoms with Crippen molar-refractivity contribution in [2.24, 2.45) is 0 Å². The minimum atomic E-state index is -1.22. The second kappa shape index (κ2) is 11.3. The van der Waals surface area contributed by atoms with Crippen molar-refractivity contribution in [3.63, 3.8) is 0 Å². The molecule has 12 heteroatoms. The number of halogens is 3. The average Bonchev–Trinajstić information content (AvgIpc) is 3.48. The van der Waals surface area contributed by atoms with E-state index in [0.29, 0.717) is 71.6 Å². The molecule has 212 valence electrons. The van der Waals surface area contributed by atoms with Gasteiger partial charge in [0.05, 0.1) is 22.4 Å². The highest BCUT2D eigenvalue weighted by atomic mass is 35.5. The third-order valence-electron chi connectivity index (χ3n) is 7.76. The molecule has 3 aromatic heterocycles. The molecule has 0 spiro atoms. The summed E-state index contributed by atoms with van der Waals surface area (Å²) in [5.74, 6) is 0.0596. The molecule has 4 aromatic rings. The fourth-order valence-electron chi connectivity index (χ4n) is 5.49. The minimum absolute atomic E-state index is 0.0596. The Morgan fingerprint density at radius 3 is 2.55 bits per heavy atom. The number of hydrogen-bond acceptors (Lipinski definition) is 6. The second-order valence-electron chi connectivity index (χ2n) is 10.8. The summed E-state index contributed by atoms with van der Waals surface area (Å²) >= 11 is 18.7. The lowest BCUT2D eigenvalue weighted by Crippen LogP contribution is -2.34. The van der Waals surface area contributed by atoms with Gasteiger partial charge in [-0.1, -0.05) is 40.0 Å². The van der Waals surface area contributed by atoms with Crippen LogP contribution in [0.3, 0.4) is 0 Å². The number of likely N-dealkylation sites (tertiary alicyclic amines) is 1. The molecule has 0 radical (unpaired) electrons. The van der Waals surface area contributed by atoms with E-state index >= 15 is 0 Å². The molecule has 1 N–H and O–H groups in total. The van der Waals surface area contributed by atoms with Crippen LogP contribution in [0.4, 0.5) is 0 Å². The van der Waals surface area contributed by atoms with E-state index in [4.69, 9.17) is 39.8 Å². The van der Waals surface area contributed by atoms with Crippen LogP contribution in [0.2, 0.25) is 15.1 Å². The molecule has 1 saturated heterocycles. The van der Waals surface area contributed by atoms with Crippen molar-refractivity contribution in [3.05, 3.63) is 62.1 Å². The molecule has 0 bridgehead atoms. The number of carbonyl (C=O) groups excluding carboxylic acids is 1. The van der Waals surface area contributed by atoms with Crippen LogP contribution >= 0.6 is 34.8 Å². The Bertz CT molecular complexity index is 1560. The number of aliphatic hydroxyl groups is 1. The smallest absolute Gasteiger partial charge is 0.222 e. The number of carbonyl (C=O) groups is 1. The van der Waals surface area contributed by atoms with Crippen LogP contribution in [0, 0.1) is 13.8 Å². The van der Waals surface area contributed by atoms with E-state index in [1.54, 1.807) is 18.3 Å². The zero-order valence-corrected chi connectivity index (χ0v) is 25.2. The van der Waals surface area contributed by atoms with Crippen LogP contribution < -0.4 is 0 Å². The van der Waals surface area contributed by atoms with Gasteiger partial charge in [0.15, 0.2) is 5.65 Å². The Labute approximate surface area is 248 Å². The maximum Gasteiger partial charge on any atom is 0.222 e. The highest BCUT2D eigenvalue weighted by Crippen LogP contribution is 2.35. The molecule has 0 aliphatic carbocycles. The third kappa shape index (κ3) is 5.44. The standard InChI is InChI=1S/C28H32Cl3N7O2/c1-16(2)38-27-21(14-32-38)17(3)20(18(4)33-27)6-7-25(39)36-10-5-8-28(40,9-11-36)24-15-37(35-34-24)26-22(30)12-19(29)13-23(26)31/h12-16,40H,5-11H2,1-4H3. The normalized spacial score (nSPS) is 18.1. The van der Waals surface area contributed by atoms with Crippen LogP contribution in [0.1, 0.15) is 68.1 Å². The van der Waals surface area contributed by atoms with Gasteiger partial charge in [0.2, 0.25) is 5.91 Å². The highest BCUT2D eigenvalue weighted by molar-refractivity contribution is 6.40. The predicted molar refractivity (Wildman–Crippen MR) is 156 cm³/mol. The Hall–Kier alpha value is -2.72. The summed E-state index contributed by atoms with van der Waals surface area (Å²) in [4.78, 5) is 19.9. The molecule has 4 heterocycles. The topological polar surface area (TPSA) is 102 Å². The first-order valence-electron chi connectivity index (χ1n) is 13.4. The van der Waals surface area contributed by atoms with Crippen molar-refractivity contribution in [1.82, 2.24) is 34.7 Å². The SMILES string of the molecule is Cc1nc2c(cnn2C(C)C)c(C)c1CCC(=O)N1CCCC(O)(c2cn(-c3c(Cl)cc(Cl)cc3Cl)nn2)CC1. The maximum atomic E-state index is 13.3. The van der Waals surface area contributed by atoms with E-state index in [9.17, 15) is 9.90 Å². The van der Waals surface area contributed by atoms with Crippen LogP contribution in [0.5, 0.6) is 0 Å². The van der Waals surface area contributed by atoms with E-state index in [-0.39, 0.29) is 11.9 Å². The van der Waals surface area contributed by atoms with E-state index in [2.05, 4.69) is 36.2 Å². The minimum Gasteiger partial charge on any atom is -0.383 e. The summed E-state index contributed by atoms with van der Waals surface area (Å²) < 4.78 is 3.38. The van der Waals surface area contributed by atoms with Crippen molar-refractivity contribution < 1.29 is 9.90 Å². The summed E-state index contributed by atoms with van der Waals surface area (Å²) in [5.41, 5.74) is 3.64. The molecular weight excluding hydrogens is 573 g/mol. The van der Waals surface area contributed by atoms with Gasteiger partial charge in [-0.05, 0) is 76.6 Å². The number of nitrogens with zero attached hydrogens (tertiary/aromatic N) is 7. The van der Waals surface area contributed by atoms with Crippen molar-refractivity contribution >= 4 is 51.7 Å². The quantitative estimate of drug-likeness (QED) is 0.290. The van der Waals surface area contributed by atoms with Crippen molar-refractivity contribution in [3.8, 4) is 5.69 Å². The van der Waals surface area contributed by atoms with E-state index < -0.39 is 5.60 Å². The molecule has 1 atom stereocenters. The number of pyridine rings is 1. The number of benzene rings is 1. The van der Waals surface area contributed by atoms with Gasteiger partial charge in [0.25, 0.3) is 0 Å². The molecule has 0 saturated carbocycles. The number of rotatable bonds is 6. The molecule has 1 aliphatic rings. The monoisotopic (exact) mass is 603 g/mol. The van der Waals surface area contributed by atoms with Crippen molar-refractivity contribution in [2.75, 3.05) is 13.1 Å². The zero-order valence-electron chi connectivity index (χ0n) is 23.0. The number of aryl methyl sites for hydroxylation is 2. The van der Waals surface area contributed by atoms with Gasteiger partial charge >= 0.3 is 0 Å². The lowest BCUT2D eigenvalue weighted by atomic mass is 9.92. The number of hydrogen-bond donors (Lipinski definition) is 1. The average molecular weight is 605 g/mol. The predicted octanol–water partition coefficient (Wildman–Crippen LogP) is 6.00. The summed E-state index contributed by atoms with van der Waals surface area (Å²) in [7, 11) is 0. The molecule has 1 amide bonds. The molecule has 5 rings (SSSR count). The van der Waals surface area contributed by atoms with Gasteiger partial charge in [-0.25, -0.2) is 14.3 Å². The number of amides is 1. The second-order valence-corrected chi connectivity index (χ2v) is 12.0. The lowest BCUT2D eigenvalue weighted by Gasteiger charge is -2.25. The van der Waals surface area contributed by atoms with Gasteiger partial charge < -0.3 is 10.0 Å². The van der Waals surface area contributed by atoms with Crippen molar-refractivity contribution in [1.29, 1.82) is 0 Å². The van der Waals surface area contributed by atoms with Crippen LogP contribution in [0.25, 0.3) is 16.7 Å². The largest absolute Gasteiger partial charge is 0.383 e. The Morgan fingerprint density at radius 1 is 1.12 bits per heavy atom. The number of fused-ring (bicyclic) bond motifs is 1. The molecule has 1 aliphatic heterocycles. The third-order valence-corrected chi connectivity index (χ3v) is 8.56. The summed E-state index contributed by atoms with van der Waals surface area (Å²) in [6.07, 6.45) is 5.91. The fraction of sp³-hybridized carbons (Fsp3) is 0.464. The first kappa shape index (κ1) is 28.8. The van der Waals surface area contributed by atoms with Gasteiger partial charge in [0, 0.05) is 41.7 Å². The molecule has 1 fully saturated rings. The summed E-state index contributed by atoms with van der Waals surface area (Å²) in [5, 5.41) is 26.5. The van der Waals surface area contributed by atoms with E-state index in [0.717, 1.165) is 27.9 Å². The molecular formula is C28H32Cl3N7O2. The Balaban J connectivity index is 1.27. The van der Waals surface area contributed by atoms with Gasteiger partial charge in [0.1, 0.15) is 17.0 Å². The number of aromatic nitrogens is 6. The Morgan fingerprint density at radius 2 is 1.85 bits per heavy atom. The highest BCUT2D eigenvalue weighted by Gasteiger charge is 2.36. The first-order valence-corrected chi connectivity index (χ1v) is 14.5. The molecule has 1 aromatic carbocycles. The molecule has 1 unspecified atom stereocenters. The van der Waals surface area contributed by atoms with Crippen LogP contribution in [-0.4, -0.2) is 58.8 Å². The maximum absolute atomic E-state index is 13.3. The molecule has 40 heavy (non-hydrogen) atoms. The molecule has 9 nitrogen and oxygen atoms in total.